The lowest BCUT2D eigenvalue weighted by Crippen LogP contribution is -2.44. The van der Waals surface area contributed by atoms with Crippen LogP contribution in [-0.4, -0.2) is 40.8 Å². The second kappa shape index (κ2) is 8.22. The third-order valence-electron chi connectivity index (χ3n) is 3.75. The Hall–Kier alpha value is -2.87. The van der Waals surface area contributed by atoms with E-state index in [1.807, 2.05) is 42.1 Å². The van der Waals surface area contributed by atoms with Crippen molar-refractivity contribution >= 4 is 28.9 Å². The number of aryl methyl sites for hydroxylation is 1. The number of nitrogens with one attached hydrogen (secondary N) is 1. The van der Waals surface area contributed by atoms with Crippen LogP contribution in [0.2, 0.25) is 0 Å². The average molecular weight is 375 g/mol. The Bertz CT molecular complexity index is 851. The lowest BCUT2D eigenvalue weighted by atomic mass is 10.1. The minimum Gasteiger partial charge on any atom is -0.428 e. The van der Waals surface area contributed by atoms with Crippen LogP contribution in [0, 0.1) is 0 Å². The third-order valence-corrected chi connectivity index (χ3v) is 3.75. The summed E-state index contributed by atoms with van der Waals surface area (Å²) in [4.78, 5) is 35.2. The number of amides is 1. The Labute approximate surface area is 157 Å². The van der Waals surface area contributed by atoms with Gasteiger partial charge in [-0.3, -0.25) is 4.79 Å². The minimum atomic E-state index is -1.11. The number of carbonyl (C=O) groups excluding carboxylic acids is 3. The zero-order chi connectivity index (χ0) is 20.2. The number of hydrogen-bond acceptors (Lipinski definition) is 6. The summed E-state index contributed by atoms with van der Waals surface area (Å²) >= 11 is 0. The van der Waals surface area contributed by atoms with Crippen LogP contribution in [0.25, 0.3) is 10.9 Å². The summed E-state index contributed by atoms with van der Waals surface area (Å²) < 4.78 is 11.3. The van der Waals surface area contributed by atoms with Gasteiger partial charge in [-0.2, -0.15) is 0 Å². The van der Waals surface area contributed by atoms with Gasteiger partial charge in [0.05, 0.1) is 6.04 Å². The Morgan fingerprint density at radius 2 is 1.89 bits per heavy atom. The van der Waals surface area contributed by atoms with Gasteiger partial charge < -0.3 is 25.1 Å². The van der Waals surface area contributed by atoms with Gasteiger partial charge in [-0.15, -0.1) is 0 Å². The molecule has 1 aromatic carbocycles. The van der Waals surface area contributed by atoms with Gasteiger partial charge in [-0.25, -0.2) is 9.59 Å². The molecule has 8 nitrogen and oxygen atoms in total. The molecule has 27 heavy (non-hydrogen) atoms. The summed E-state index contributed by atoms with van der Waals surface area (Å²) in [5.41, 5.74) is 7.16. The number of benzene rings is 1. The molecule has 146 valence electrons. The van der Waals surface area contributed by atoms with Gasteiger partial charge in [0.15, 0.2) is 0 Å². The maximum atomic E-state index is 12.1. The number of fused-ring (bicyclic) bond motifs is 1. The molecule has 3 N–H and O–H groups in total. The number of carbonyl (C=O) groups is 3. The molecule has 0 aliphatic rings. The molecule has 1 heterocycles. The van der Waals surface area contributed by atoms with E-state index in [0.29, 0.717) is 6.42 Å². The number of nitrogens with two attached hydrogens (primary N) is 1. The number of esters is 1. The van der Waals surface area contributed by atoms with E-state index in [9.17, 15) is 14.4 Å². The molecular formula is C19H25N3O5. The fourth-order valence-corrected chi connectivity index (χ4v) is 2.61. The van der Waals surface area contributed by atoms with Crippen molar-refractivity contribution in [1.82, 2.24) is 9.88 Å². The third kappa shape index (κ3) is 5.82. The van der Waals surface area contributed by atoms with Crippen LogP contribution in [0.4, 0.5) is 4.79 Å². The van der Waals surface area contributed by atoms with Crippen LogP contribution in [-0.2, 0) is 32.5 Å². The van der Waals surface area contributed by atoms with E-state index >= 15 is 0 Å². The summed E-state index contributed by atoms with van der Waals surface area (Å²) in [6.45, 7) is 4.47. The quantitative estimate of drug-likeness (QED) is 0.607. The van der Waals surface area contributed by atoms with Gasteiger partial charge in [0, 0.05) is 24.1 Å². The van der Waals surface area contributed by atoms with Crippen molar-refractivity contribution in [2.24, 2.45) is 12.8 Å². The molecule has 0 aliphatic carbocycles. The van der Waals surface area contributed by atoms with Gasteiger partial charge >= 0.3 is 12.1 Å². The predicted octanol–water partition coefficient (Wildman–Crippen LogP) is 1.64. The Morgan fingerprint density at radius 3 is 2.56 bits per heavy atom. The van der Waals surface area contributed by atoms with Gasteiger partial charge in [0.25, 0.3) is 0 Å². The second-order valence-electron chi connectivity index (χ2n) is 7.25. The molecule has 0 radical (unpaired) electrons. The summed E-state index contributed by atoms with van der Waals surface area (Å²) in [6.07, 6.45) is 1.13. The van der Waals surface area contributed by atoms with Crippen LogP contribution >= 0.6 is 0 Å². The SMILES string of the molecule is Cn1cc(C[C@@H](N)C(=O)NCC(=O)OC(=O)OC(C)(C)C)c2ccccc21. The molecule has 0 spiro atoms. The highest BCUT2D eigenvalue weighted by Gasteiger charge is 2.22. The second-order valence-corrected chi connectivity index (χ2v) is 7.25. The Morgan fingerprint density at radius 1 is 1.22 bits per heavy atom. The van der Waals surface area contributed by atoms with Crippen molar-refractivity contribution in [3.05, 3.63) is 36.0 Å². The van der Waals surface area contributed by atoms with E-state index in [4.69, 9.17) is 10.5 Å². The van der Waals surface area contributed by atoms with E-state index in [-0.39, 0.29) is 0 Å². The Balaban J connectivity index is 1.86. The molecule has 1 aromatic heterocycles. The first-order chi connectivity index (χ1) is 12.6. The van der Waals surface area contributed by atoms with Gasteiger partial charge in [0.1, 0.15) is 12.1 Å². The molecule has 0 unspecified atom stereocenters. The molecule has 2 aromatic rings. The Kier molecular flexibility index (Phi) is 6.22. The van der Waals surface area contributed by atoms with Gasteiger partial charge in [-0.05, 0) is 38.8 Å². The van der Waals surface area contributed by atoms with Crippen LogP contribution < -0.4 is 11.1 Å². The zero-order valence-electron chi connectivity index (χ0n) is 15.9. The maximum absolute atomic E-state index is 12.1. The van der Waals surface area contributed by atoms with Crippen LogP contribution in [0.5, 0.6) is 0 Å². The molecule has 0 fully saturated rings. The van der Waals surface area contributed by atoms with Crippen molar-refractivity contribution in [1.29, 1.82) is 0 Å². The van der Waals surface area contributed by atoms with Crippen LogP contribution in [0.1, 0.15) is 26.3 Å². The fourth-order valence-electron chi connectivity index (χ4n) is 2.61. The van der Waals surface area contributed by atoms with Crippen molar-refractivity contribution in [3.63, 3.8) is 0 Å². The number of aromatic nitrogens is 1. The fraction of sp³-hybridized carbons (Fsp3) is 0.421. The highest BCUT2D eigenvalue weighted by atomic mass is 16.7. The normalized spacial score (nSPS) is 12.5. The average Bonchev–Trinajstić information content (AvgIpc) is 2.87. The largest absolute Gasteiger partial charge is 0.516 e. The molecule has 0 saturated heterocycles. The molecular weight excluding hydrogens is 350 g/mol. The molecule has 1 amide bonds. The van der Waals surface area contributed by atoms with Crippen molar-refractivity contribution in [2.75, 3.05) is 6.54 Å². The van der Waals surface area contributed by atoms with Crippen molar-refractivity contribution in [3.8, 4) is 0 Å². The minimum absolute atomic E-state index is 0.314. The van der Waals surface area contributed by atoms with E-state index < -0.39 is 36.2 Å². The van der Waals surface area contributed by atoms with E-state index in [1.54, 1.807) is 20.8 Å². The van der Waals surface area contributed by atoms with Crippen LogP contribution in [0.3, 0.4) is 0 Å². The number of para-hydroxylation sites is 1. The topological polar surface area (TPSA) is 113 Å². The van der Waals surface area contributed by atoms with Gasteiger partial charge in [-0.1, -0.05) is 18.2 Å². The predicted molar refractivity (Wildman–Crippen MR) is 99.9 cm³/mol. The zero-order valence-corrected chi connectivity index (χ0v) is 15.9. The summed E-state index contributed by atoms with van der Waals surface area (Å²) in [5.74, 6) is -1.43. The molecule has 8 heteroatoms. The van der Waals surface area contributed by atoms with Crippen molar-refractivity contribution < 1.29 is 23.9 Å². The van der Waals surface area contributed by atoms with E-state index in [2.05, 4.69) is 10.1 Å². The number of nitrogens with zero attached hydrogens (tertiary/aromatic N) is 1. The number of ether oxygens (including phenoxy) is 2. The molecule has 0 bridgehead atoms. The number of rotatable bonds is 5. The monoisotopic (exact) mass is 375 g/mol. The van der Waals surface area contributed by atoms with Gasteiger partial charge in [0.2, 0.25) is 5.91 Å². The first kappa shape index (κ1) is 20.4. The lowest BCUT2D eigenvalue weighted by molar-refractivity contribution is -0.142. The molecule has 0 saturated carbocycles. The molecule has 2 rings (SSSR count). The van der Waals surface area contributed by atoms with E-state index in [1.165, 1.54) is 0 Å². The van der Waals surface area contributed by atoms with E-state index in [0.717, 1.165) is 16.5 Å². The summed E-state index contributed by atoms with van der Waals surface area (Å²) in [5, 5.41) is 3.39. The smallest absolute Gasteiger partial charge is 0.428 e. The molecule has 0 aliphatic heterocycles. The number of hydrogen-bond donors (Lipinski definition) is 2. The maximum Gasteiger partial charge on any atom is 0.516 e. The highest BCUT2D eigenvalue weighted by Crippen LogP contribution is 2.21. The summed E-state index contributed by atoms with van der Waals surface area (Å²) in [7, 11) is 1.92. The first-order valence-corrected chi connectivity index (χ1v) is 8.56. The summed E-state index contributed by atoms with van der Waals surface area (Å²) in [6, 6.07) is 6.97. The first-order valence-electron chi connectivity index (χ1n) is 8.56. The van der Waals surface area contributed by atoms with Crippen LogP contribution in [0.15, 0.2) is 30.5 Å². The highest BCUT2D eigenvalue weighted by molar-refractivity contribution is 5.90. The lowest BCUT2D eigenvalue weighted by Gasteiger charge is -2.18. The van der Waals surface area contributed by atoms with Crippen molar-refractivity contribution in [2.45, 2.75) is 38.8 Å². The standard InChI is InChI=1S/C19H25N3O5/c1-19(2,3)27-18(25)26-16(23)10-21-17(24)14(20)9-12-11-22(4)15-8-6-5-7-13(12)15/h5-8,11,14H,9-10,20H2,1-4H3,(H,21,24)/t14-/m1/s1. The molecule has 1 atom stereocenters.